The molecule has 0 saturated carbocycles. The van der Waals surface area contributed by atoms with E-state index in [0.29, 0.717) is 14.1 Å². The Kier molecular flexibility index (Phi) is 3.83. The number of fused-ring (bicyclic) bond motifs is 1. The van der Waals surface area contributed by atoms with Gasteiger partial charge in [0.25, 0.3) is 0 Å². The van der Waals surface area contributed by atoms with Crippen molar-refractivity contribution in [2.24, 2.45) is 0 Å². The summed E-state index contributed by atoms with van der Waals surface area (Å²) in [5.41, 5.74) is 2.46. The molecule has 0 atom stereocenters. The first kappa shape index (κ1) is 11.7. The lowest BCUT2D eigenvalue weighted by Gasteiger charge is -2.07. The molecule has 0 N–H and O–H groups in total. The normalized spacial score (nSPS) is 14.5. The third-order valence-corrected chi connectivity index (χ3v) is 2.54. The van der Waals surface area contributed by atoms with Crippen molar-refractivity contribution in [1.82, 2.24) is 0 Å². The Morgan fingerprint density at radius 2 is 2.41 bits per heavy atom. The first-order chi connectivity index (χ1) is 8.33. The van der Waals surface area contributed by atoms with Crippen molar-refractivity contribution in [2.45, 2.75) is 13.5 Å². The lowest BCUT2D eigenvalue weighted by molar-refractivity contribution is 0.344. The van der Waals surface area contributed by atoms with Gasteiger partial charge >= 0.3 is 7.48 Å². The van der Waals surface area contributed by atoms with Gasteiger partial charge in [-0.2, -0.15) is 0 Å². The quantitative estimate of drug-likeness (QED) is 0.445. The Labute approximate surface area is 103 Å². The molecule has 1 aromatic rings. The fourth-order valence-electron chi connectivity index (χ4n) is 1.75. The van der Waals surface area contributed by atoms with Crippen LogP contribution in [0.5, 0.6) is 5.75 Å². The summed E-state index contributed by atoms with van der Waals surface area (Å²) in [6.07, 6.45) is 7.40. The smallest absolute Gasteiger partial charge is 0.309 e. The zero-order chi connectivity index (χ0) is 12.1. The van der Waals surface area contributed by atoms with E-state index in [1.807, 2.05) is 37.3 Å². The van der Waals surface area contributed by atoms with E-state index in [4.69, 9.17) is 9.39 Å². The Balaban J connectivity index is 2.18. The van der Waals surface area contributed by atoms with Gasteiger partial charge < -0.3 is 9.39 Å². The van der Waals surface area contributed by atoms with Crippen LogP contribution in [0.1, 0.15) is 12.5 Å². The first-order valence-corrected chi connectivity index (χ1v) is 5.66. The maximum absolute atomic E-state index is 5.77. The highest BCUT2D eigenvalue weighted by molar-refractivity contribution is 6.48. The van der Waals surface area contributed by atoms with Crippen LogP contribution in [0.4, 0.5) is 0 Å². The summed E-state index contributed by atoms with van der Waals surface area (Å²) < 4.78 is 11.1. The van der Waals surface area contributed by atoms with E-state index in [9.17, 15) is 0 Å². The molecule has 0 spiro atoms. The molecule has 0 bridgehead atoms. The average Bonchev–Trinajstić information content (AvgIpc) is 2.77. The molecule has 0 saturated heterocycles. The molecule has 0 amide bonds. The number of rotatable bonds is 4. The van der Waals surface area contributed by atoms with E-state index in [1.165, 1.54) is 11.0 Å². The molecule has 0 aromatic heterocycles. The molecular weight excluding hydrogens is 211 g/mol. The summed E-state index contributed by atoms with van der Waals surface area (Å²) in [5, 5.41) is 0. The number of benzene rings is 1. The summed E-state index contributed by atoms with van der Waals surface area (Å²) in [5.74, 6) is 1.61. The van der Waals surface area contributed by atoms with E-state index in [0.717, 1.165) is 11.5 Å². The van der Waals surface area contributed by atoms with Crippen LogP contribution >= 0.6 is 0 Å². The molecule has 0 radical (unpaired) electrons. The Bertz CT molecular complexity index is 475. The first-order valence-electron chi connectivity index (χ1n) is 5.66. The van der Waals surface area contributed by atoms with Gasteiger partial charge in [0, 0.05) is 0 Å². The van der Waals surface area contributed by atoms with Gasteiger partial charge in [-0.05, 0) is 42.2 Å². The molecule has 1 aliphatic heterocycles. The van der Waals surface area contributed by atoms with Crippen molar-refractivity contribution >= 4 is 12.9 Å². The van der Waals surface area contributed by atoms with Crippen molar-refractivity contribution in [3.8, 4) is 5.75 Å². The van der Waals surface area contributed by atoms with Crippen LogP contribution in [-0.4, -0.2) is 7.48 Å². The zero-order valence-electron chi connectivity index (χ0n) is 9.98. The molecule has 1 aromatic carbocycles. The Morgan fingerprint density at radius 1 is 1.53 bits per heavy atom. The van der Waals surface area contributed by atoms with Crippen molar-refractivity contribution in [2.75, 3.05) is 0 Å². The third kappa shape index (κ3) is 2.89. The highest BCUT2D eigenvalue weighted by Crippen LogP contribution is 2.18. The highest BCUT2D eigenvalue weighted by atomic mass is 16.5. The number of hydrogen-bond acceptors (Lipinski definition) is 2. The largest absolute Gasteiger partial charge is 0.457 e. The Hall–Kier alpha value is -1.74. The monoisotopic (exact) mass is 226 g/mol. The predicted molar refractivity (Wildman–Crippen MR) is 71.7 cm³/mol. The summed E-state index contributed by atoms with van der Waals surface area (Å²) in [6.45, 7) is 6.30. The van der Waals surface area contributed by atoms with E-state index < -0.39 is 0 Å². The molecule has 86 valence electrons. The maximum Gasteiger partial charge on any atom is 0.309 e. The van der Waals surface area contributed by atoms with Crippen molar-refractivity contribution in [1.29, 1.82) is 0 Å². The summed E-state index contributed by atoms with van der Waals surface area (Å²) >= 11 is 0. The molecule has 1 aliphatic rings. The fourth-order valence-corrected chi connectivity index (χ4v) is 1.75. The minimum Gasteiger partial charge on any atom is -0.457 e. The molecule has 0 unspecified atom stereocenters. The van der Waals surface area contributed by atoms with Gasteiger partial charge in [-0.25, -0.2) is 0 Å². The van der Waals surface area contributed by atoms with E-state index >= 15 is 0 Å². The average molecular weight is 226 g/mol. The summed E-state index contributed by atoms with van der Waals surface area (Å²) in [6, 6.07) is 6.05. The van der Waals surface area contributed by atoms with Crippen molar-refractivity contribution < 1.29 is 9.39 Å². The van der Waals surface area contributed by atoms with Crippen molar-refractivity contribution in [3.63, 3.8) is 0 Å². The maximum atomic E-state index is 5.77. The molecule has 0 aliphatic carbocycles. The van der Waals surface area contributed by atoms with Gasteiger partial charge in [-0.15, -0.1) is 0 Å². The van der Waals surface area contributed by atoms with Crippen LogP contribution < -0.4 is 10.2 Å². The molecule has 3 heteroatoms. The standard InChI is InChI=1S/C14H15BO2/c1-3-5-12(6-4-2)17-13-7-8-14-11(9-13)10-16-15-14/h3-9,15H,1,10H2,2H3/b6-4-,12-5+. The van der Waals surface area contributed by atoms with Crippen LogP contribution in [-0.2, 0) is 11.3 Å². The number of ether oxygens (including phenoxy) is 1. The second-order valence-corrected chi connectivity index (χ2v) is 3.83. The molecule has 1 heterocycles. The Morgan fingerprint density at radius 3 is 3.18 bits per heavy atom. The molecular formula is C14H15BO2. The van der Waals surface area contributed by atoms with Crippen LogP contribution in [0.25, 0.3) is 0 Å². The van der Waals surface area contributed by atoms with Crippen LogP contribution in [0, 0.1) is 0 Å². The summed E-state index contributed by atoms with van der Waals surface area (Å²) in [4.78, 5) is 0. The lowest BCUT2D eigenvalue weighted by Crippen LogP contribution is -2.10. The minimum absolute atomic E-state index is 0.677. The third-order valence-electron chi connectivity index (χ3n) is 2.54. The second-order valence-electron chi connectivity index (χ2n) is 3.83. The van der Waals surface area contributed by atoms with Crippen molar-refractivity contribution in [3.05, 3.63) is 60.4 Å². The van der Waals surface area contributed by atoms with Gasteiger partial charge in [-0.3, -0.25) is 0 Å². The van der Waals surface area contributed by atoms with Crippen LogP contribution in [0.3, 0.4) is 0 Å². The van der Waals surface area contributed by atoms with Gasteiger partial charge in [-0.1, -0.05) is 24.8 Å². The topological polar surface area (TPSA) is 18.5 Å². The molecule has 2 nitrogen and oxygen atoms in total. The molecule has 0 fully saturated rings. The predicted octanol–water partition coefficient (Wildman–Crippen LogP) is 2.22. The zero-order valence-corrected chi connectivity index (χ0v) is 9.98. The van der Waals surface area contributed by atoms with E-state index in [2.05, 4.69) is 12.6 Å². The van der Waals surface area contributed by atoms with Crippen LogP contribution in [0.2, 0.25) is 0 Å². The van der Waals surface area contributed by atoms with Crippen LogP contribution in [0.15, 0.2) is 54.8 Å². The van der Waals surface area contributed by atoms with Gasteiger partial charge in [0.05, 0.1) is 6.61 Å². The fraction of sp³-hybridized carbons (Fsp3) is 0.143. The summed E-state index contributed by atoms with van der Waals surface area (Å²) in [7, 11) is 0.708. The number of hydrogen-bond donors (Lipinski definition) is 0. The SMILES string of the molecule is C=C/C=C(\C=C/C)Oc1ccc2c(c1)COB2. The number of allylic oxidation sites excluding steroid dienone is 4. The van der Waals surface area contributed by atoms with Gasteiger partial charge in [0.2, 0.25) is 0 Å². The van der Waals surface area contributed by atoms with Gasteiger partial charge in [0.15, 0.2) is 0 Å². The molecule has 17 heavy (non-hydrogen) atoms. The van der Waals surface area contributed by atoms with E-state index in [-0.39, 0.29) is 0 Å². The second kappa shape index (κ2) is 5.55. The lowest BCUT2D eigenvalue weighted by atomic mass is 9.87. The minimum atomic E-state index is 0.677. The molecule has 2 rings (SSSR count). The van der Waals surface area contributed by atoms with Gasteiger partial charge in [0.1, 0.15) is 11.5 Å². The van der Waals surface area contributed by atoms with E-state index in [1.54, 1.807) is 6.08 Å². The highest BCUT2D eigenvalue weighted by Gasteiger charge is 2.13.